The predicted molar refractivity (Wildman–Crippen MR) is 123 cm³/mol. The van der Waals surface area contributed by atoms with Gasteiger partial charge in [0.15, 0.2) is 0 Å². The first-order valence-electron chi connectivity index (χ1n) is 11.2. The molecule has 2 aromatic rings. The maximum atomic E-state index is 12.9. The minimum atomic E-state index is -3.54. The van der Waals surface area contributed by atoms with Gasteiger partial charge in [-0.05, 0) is 55.7 Å². The Labute approximate surface area is 193 Å². The smallest absolute Gasteiger partial charge is 0.261 e. The monoisotopic (exact) mass is 469 g/mol. The summed E-state index contributed by atoms with van der Waals surface area (Å²) in [5.41, 5.74) is 1.28. The molecular formula is C24H27N3O5S. The van der Waals surface area contributed by atoms with Gasteiger partial charge in [-0.15, -0.1) is 0 Å². The molecule has 1 N–H and O–H groups in total. The number of amides is 3. The second kappa shape index (κ2) is 9.84. The molecule has 1 fully saturated rings. The summed E-state index contributed by atoms with van der Waals surface area (Å²) in [6, 6.07) is 12.8. The molecule has 0 spiro atoms. The summed E-state index contributed by atoms with van der Waals surface area (Å²) in [6.07, 6.45) is 4.29. The fourth-order valence-corrected chi connectivity index (χ4v) is 5.72. The Morgan fingerprint density at radius 2 is 1.42 bits per heavy atom. The third kappa shape index (κ3) is 4.99. The molecule has 0 radical (unpaired) electrons. The molecule has 33 heavy (non-hydrogen) atoms. The third-order valence-corrected chi connectivity index (χ3v) is 7.92. The van der Waals surface area contributed by atoms with Crippen LogP contribution < -0.4 is 5.32 Å². The Kier molecular flexibility index (Phi) is 6.90. The van der Waals surface area contributed by atoms with Gasteiger partial charge in [-0.1, -0.05) is 25.0 Å². The molecule has 4 rings (SSSR count). The number of hydrogen-bond donors (Lipinski definition) is 1. The van der Waals surface area contributed by atoms with Gasteiger partial charge in [-0.25, -0.2) is 8.42 Å². The number of carbonyl (C=O) groups is 3. The molecule has 8 nitrogen and oxygen atoms in total. The fourth-order valence-electron chi connectivity index (χ4n) is 4.20. The van der Waals surface area contributed by atoms with Gasteiger partial charge in [0.1, 0.15) is 0 Å². The fraction of sp³-hybridized carbons (Fsp3) is 0.375. The summed E-state index contributed by atoms with van der Waals surface area (Å²) in [6.45, 7) is 1.23. The lowest BCUT2D eigenvalue weighted by Gasteiger charge is -2.20. The first kappa shape index (κ1) is 23.1. The van der Waals surface area contributed by atoms with E-state index in [1.807, 2.05) is 0 Å². The second-order valence-electron chi connectivity index (χ2n) is 8.30. The highest BCUT2D eigenvalue weighted by molar-refractivity contribution is 7.89. The normalized spacial score (nSPS) is 17.0. The summed E-state index contributed by atoms with van der Waals surface area (Å²) in [5.74, 6) is -0.941. The first-order valence-corrected chi connectivity index (χ1v) is 12.7. The van der Waals surface area contributed by atoms with Crippen molar-refractivity contribution in [2.24, 2.45) is 0 Å². The van der Waals surface area contributed by atoms with Gasteiger partial charge >= 0.3 is 0 Å². The van der Waals surface area contributed by atoms with Crippen molar-refractivity contribution < 1.29 is 22.8 Å². The summed E-state index contributed by atoms with van der Waals surface area (Å²) in [5, 5.41) is 2.74. The Hall–Kier alpha value is -3.04. The van der Waals surface area contributed by atoms with Crippen molar-refractivity contribution in [2.45, 2.75) is 43.4 Å². The lowest BCUT2D eigenvalue weighted by molar-refractivity contribution is -0.116. The predicted octanol–water partition coefficient (Wildman–Crippen LogP) is 3.27. The Balaban J connectivity index is 1.29. The van der Waals surface area contributed by atoms with Crippen LogP contribution in [0.1, 0.15) is 59.2 Å². The maximum absolute atomic E-state index is 12.9. The first-order chi connectivity index (χ1) is 15.9. The number of sulfonamides is 1. The second-order valence-corrected chi connectivity index (χ2v) is 10.2. The zero-order valence-corrected chi connectivity index (χ0v) is 19.1. The lowest BCUT2D eigenvalue weighted by atomic mass is 10.1. The zero-order valence-electron chi connectivity index (χ0n) is 18.3. The number of rotatable bonds is 7. The van der Waals surface area contributed by atoms with Crippen molar-refractivity contribution in [1.82, 2.24) is 9.21 Å². The number of fused-ring (bicyclic) bond motifs is 1. The average molecular weight is 470 g/mol. The van der Waals surface area contributed by atoms with E-state index >= 15 is 0 Å². The summed E-state index contributed by atoms with van der Waals surface area (Å²) in [4.78, 5) is 38.4. The Morgan fingerprint density at radius 1 is 0.848 bits per heavy atom. The Morgan fingerprint density at radius 3 is 2.00 bits per heavy atom. The van der Waals surface area contributed by atoms with E-state index in [-0.39, 0.29) is 35.6 Å². The highest BCUT2D eigenvalue weighted by atomic mass is 32.2. The molecule has 2 heterocycles. The van der Waals surface area contributed by atoms with Crippen LogP contribution in [-0.4, -0.2) is 55.0 Å². The zero-order chi connectivity index (χ0) is 23.4. The van der Waals surface area contributed by atoms with Crippen LogP contribution in [0.4, 0.5) is 5.69 Å². The van der Waals surface area contributed by atoms with Crippen molar-refractivity contribution >= 4 is 33.4 Å². The minimum absolute atomic E-state index is 0.126. The number of nitrogens with zero attached hydrogens (tertiary/aromatic N) is 2. The van der Waals surface area contributed by atoms with Crippen molar-refractivity contribution in [2.75, 3.05) is 25.0 Å². The summed E-state index contributed by atoms with van der Waals surface area (Å²) < 4.78 is 27.2. The average Bonchev–Trinajstić information content (AvgIpc) is 3.00. The number of carbonyl (C=O) groups excluding carboxylic acids is 3. The number of nitrogens with one attached hydrogen (secondary N) is 1. The van der Waals surface area contributed by atoms with Crippen LogP contribution in [0.15, 0.2) is 53.4 Å². The van der Waals surface area contributed by atoms with Crippen molar-refractivity contribution in [3.63, 3.8) is 0 Å². The van der Waals surface area contributed by atoms with E-state index in [9.17, 15) is 22.8 Å². The molecule has 2 aromatic carbocycles. The van der Waals surface area contributed by atoms with Crippen molar-refractivity contribution in [1.29, 1.82) is 0 Å². The highest BCUT2D eigenvalue weighted by Gasteiger charge is 2.34. The molecule has 0 saturated carbocycles. The van der Waals surface area contributed by atoms with E-state index in [4.69, 9.17) is 0 Å². The van der Waals surface area contributed by atoms with Crippen LogP contribution in [0.5, 0.6) is 0 Å². The van der Waals surface area contributed by atoms with Gasteiger partial charge in [0.2, 0.25) is 15.9 Å². The topological polar surface area (TPSA) is 104 Å². The highest BCUT2D eigenvalue weighted by Crippen LogP contribution is 2.24. The lowest BCUT2D eigenvalue weighted by Crippen LogP contribution is -2.32. The van der Waals surface area contributed by atoms with Gasteiger partial charge in [-0.2, -0.15) is 4.31 Å². The van der Waals surface area contributed by atoms with E-state index in [1.54, 1.807) is 36.4 Å². The van der Waals surface area contributed by atoms with Crippen molar-refractivity contribution in [3.8, 4) is 0 Å². The number of benzene rings is 2. The molecular weight excluding hydrogens is 442 g/mol. The molecule has 0 bridgehead atoms. The van der Waals surface area contributed by atoms with E-state index < -0.39 is 10.0 Å². The molecule has 2 aliphatic heterocycles. The van der Waals surface area contributed by atoms with E-state index in [2.05, 4.69) is 5.32 Å². The minimum Gasteiger partial charge on any atom is -0.326 e. The molecule has 3 amide bonds. The summed E-state index contributed by atoms with van der Waals surface area (Å²) >= 11 is 0. The van der Waals surface area contributed by atoms with Crippen LogP contribution in [0.2, 0.25) is 0 Å². The number of hydrogen-bond acceptors (Lipinski definition) is 5. The Bertz CT molecular complexity index is 1120. The number of imide groups is 1. The quantitative estimate of drug-likeness (QED) is 0.627. The van der Waals surface area contributed by atoms with E-state index in [1.165, 1.54) is 21.3 Å². The molecule has 0 aromatic heterocycles. The largest absolute Gasteiger partial charge is 0.326 e. The number of anilines is 1. The van der Waals surface area contributed by atoms with Crippen LogP contribution in [-0.2, 0) is 14.8 Å². The van der Waals surface area contributed by atoms with Gasteiger partial charge in [0, 0.05) is 31.7 Å². The van der Waals surface area contributed by atoms with Crippen LogP contribution >= 0.6 is 0 Å². The molecule has 9 heteroatoms. The standard InChI is InChI=1S/C24H27N3O5S/c28-22(10-7-17-27-23(29)20-8-3-4-9-21(20)24(27)30)25-18-11-13-19(14-12-18)33(31,32)26-15-5-1-2-6-16-26/h3-4,8-9,11-14H,1-2,5-7,10,15-17H2,(H,25,28). The van der Waals surface area contributed by atoms with Gasteiger partial charge < -0.3 is 5.32 Å². The SMILES string of the molecule is O=C(CCCN1C(=O)c2ccccc2C1=O)Nc1ccc(S(=O)(=O)N2CCCCCC2)cc1. The van der Waals surface area contributed by atoms with Gasteiger partial charge in [-0.3, -0.25) is 19.3 Å². The van der Waals surface area contributed by atoms with Gasteiger partial charge in [0.25, 0.3) is 11.8 Å². The summed E-state index contributed by atoms with van der Waals surface area (Å²) in [7, 11) is -3.54. The van der Waals surface area contributed by atoms with Crippen LogP contribution in [0.25, 0.3) is 0 Å². The molecule has 174 valence electrons. The van der Waals surface area contributed by atoms with Crippen molar-refractivity contribution in [3.05, 3.63) is 59.7 Å². The van der Waals surface area contributed by atoms with Crippen LogP contribution in [0.3, 0.4) is 0 Å². The molecule has 1 saturated heterocycles. The molecule has 0 aliphatic carbocycles. The molecule has 2 aliphatic rings. The third-order valence-electron chi connectivity index (χ3n) is 6.00. The molecule has 0 unspecified atom stereocenters. The van der Waals surface area contributed by atoms with E-state index in [0.717, 1.165) is 25.7 Å². The van der Waals surface area contributed by atoms with Crippen LogP contribution in [0, 0.1) is 0 Å². The maximum Gasteiger partial charge on any atom is 0.261 e. The van der Waals surface area contributed by atoms with E-state index in [0.29, 0.717) is 36.3 Å². The van der Waals surface area contributed by atoms with Gasteiger partial charge in [0.05, 0.1) is 16.0 Å². The molecule has 0 atom stereocenters.